The molecule has 0 aliphatic carbocycles. The summed E-state index contributed by atoms with van der Waals surface area (Å²) in [5.74, 6) is -0.944. The molecule has 0 aliphatic rings. The first-order valence-corrected chi connectivity index (χ1v) is 8.01. The van der Waals surface area contributed by atoms with Crippen LogP contribution in [0.1, 0.15) is 41.5 Å². The second-order valence-electron chi connectivity index (χ2n) is 5.38. The molecule has 2 aromatic rings. The molecule has 0 amide bonds. The maximum atomic E-state index is 12.2. The van der Waals surface area contributed by atoms with Crippen LogP contribution in [0.15, 0.2) is 42.5 Å². The van der Waals surface area contributed by atoms with Gasteiger partial charge < -0.3 is 9.84 Å². The van der Waals surface area contributed by atoms with E-state index in [-0.39, 0.29) is 36.7 Å². The van der Waals surface area contributed by atoms with Gasteiger partial charge in [-0.2, -0.15) is 0 Å². The third kappa shape index (κ3) is 5.19. The molecule has 0 unspecified atom stereocenters. The molecule has 0 atom stereocenters. The first kappa shape index (κ1) is 17.7. The lowest BCUT2D eigenvalue weighted by molar-refractivity contribution is -0.143. The zero-order valence-corrected chi connectivity index (χ0v) is 13.7. The standard InChI is InChI=1S/C19H21NO4/c1-2-24-18(23)13-12-17(22)19-16(21)11-10-15(20-19)9-8-14-6-4-3-5-7-14/h3-7,10-11,21H,2,8-9,12-13H2,1H3. The molecular weight excluding hydrogens is 306 g/mol. The lowest BCUT2D eigenvalue weighted by atomic mass is 10.1. The molecule has 0 saturated carbocycles. The lowest BCUT2D eigenvalue weighted by Crippen LogP contribution is -2.10. The minimum atomic E-state index is -0.425. The molecule has 5 nitrogen and oxygen atoms in total. The van der Waals surface area contributed by atoms with E-state index in [0.717, 1.165) is 12.1 Å². The van der Waals surface area contributed by atoms with Crippen molar-refractivity contribution in [1.29, 1.82) is 0 Å². The van der Waals surface area contributed by atoms with Crippen molar-refractivity contribution in [3.63, 3.8) is 0 Å². The Labute approximate surface area is 141 Å². The Bertz CT molecular complexity index is 698. The first-order chi connectivity index (χ1) is 11.6. The van der Waals surface area contributed by atoms with Crippen LogP contribution in [0.4, 0.5) is 0 Å². The van der Waals surface area contributed by atoms with E-state index >= 15 is 0 Å². The Morgan fingerprint density at radius 2 is 1.79 bits per heavy atom. The number of aromatic nitrogens is 1. The Morgan fingerprint density at radius 3 is 2.50 bits per heavy atom. The monoisotopic (exact) mass is 327 g/mol. The molecule has 0 radical (unpaired) electrons. The third-order valence-electron chi connectivity index (χ3n) is 3.57. The molecule has 1 aromatic carbocycles. The van der Waals surface area contributed by atoms with Crippen molar-refractivity contribution in [3.8, 4) is 5.75 Å². The van der Waals surface area contributed by atoms with Crippen molar-refractivity contribution >= 4 is 11.8 Å². The van der Waals surface area contributed by atoms with Crippen LogP contribution in [0.2, 0.25) is 0 Å². The van der Waals surface area contributed by atoms with Crippen molar-refractivity contribution in [2.45, 2.75) is 32.6 Å². The molecule has 1 heterocycles. The summed E-state index contributed by atoms with van der Waals surface area (Å²) in [6, 6.07) is 13.2. The third-order valence-corrected chi connectivity index (χ3v) is 3.57. The minimum Gasteiger partial charge on any atom is -0.506 e. The summed E-state index contributed by atoms with van der Waals surface area (Å²) in [5, 5.41) is 9.86. The highest BCUT2D eigenvalue weighted by Crippen LogP contribution is 2.18. The fraction of sp³-hybridized carbons (Fsp3) is 0.316. The van der Waals surface area contributed by atoms with Crippen LogP contribution in [-0.2, 0) is 22.4 Å². The molecule has 1 aromatic heterocycles. The van der Waals surface area contributed by atoms with E-state index in [4.69, 9.17) is 4.74 Å². The number of hydrogen-bond donors (Lipinski definition) is 1. The fourth-order valence-corrected chi connectivity index (χ4v) is 2.32. The second-order valence-corrected chi connectivity index (χ2v) is 5.38. The number of rotatable bonds is 8. The summed E-state index contributed by atoms with van der Waals surface area (Å²) in [6.07, 6.45) is 1.43. The molecule has 0 aliphatic heterocycles. The molecule has 0 fully saturated rings. The zero-order valence-electron chi connectivity index (χ0n) is 13.7. The van der Waals surface area contributed by atoms with Crippen LogP contribution < -0.4 is 0 Å². The Balaban J connectivity index is 1.99. The number of ether oxygens (including phenoxy) is 1. The first-order valence-electron chi connectivity index (χ1n) is 8.01. The summed E-state index contributed by atoms with van der Waals surface area (Å²) in [6.45, 7) is 1.99. The summed E-state index contributed by atoms with van der Waals surface area (Å²) < 4.78 is 4.80. The van der Waals surface area contributed by atoms with Gasteiger partial charge in [0.15, 0.2) is 5.78 Å². The number of esters is 1. The maximum Gasteiger partial charge on any atom is 0.306 e. The van der Waals surface area contributed by atoms with Crippen LogP contribution in [0.25, 0.3) is 0 Å². The average molecular weight is 327 g/mol. The van der Waals surface area contributed by atoms with Gasteiger partial charge in [0, 0.05) is 12.1 Å². The van der Waals surface area contributed by atoms with Gasteiger partial charge in [0.1, 0.15) is 11.4 Å². The lowest BCUT2D eigenvalue weighted by Gasteiger charge is -2.07. The van der Waals surface area contributed by atoms with Gasteiger partial charge in [-0.1, -0.05) is 30.3 Å². The van der Waals surface area contributed by atoms with Crippen molar-refractivity contribution in [3.05, 3.63) is 59.4 Å². The Hall–Kier alpha value is -2.69. The predicted molar refractivity (Wildman–Crippen MR) is 89.9 cm³/mol. The number of benzene rings is 1. The summed E-state index contributed by atoms with van der Waals surface area (Å²) in [4.78, 5) is 27.8. The quantitative estimate of drug-likeness (QED) is 0.595. The van der Waals surface area contributed by atoms with Gasteiger partial charge in [0.05, 0.1) is 13.0 Å². The average Bonchev–Trinajstić information content (AvgIpc) is 2.60. The van der Waals surface area contributed by atoms with Crippen molar-refractivity contribution in [2.75, 3.05) is 6.61 Å². The zero-order chi connectivity index (χ0) is 17.4. The normalized spacial score (nSPS) is 10.4. The number of carbonyl (C=O) groups excluding carboxylic acids is 2. The fourth-order valence-electron chi connectivity index (χ4n) is 2.32. The number of aromatic hydroxyl groups is 1. The minimum absolute atomic E-state index is 0.0119. The number of ketones is 1. The predicted octanol–water partition coefficient (Wildman–Crippen LogP) is 3.10. The van der Waals surface area contributed by atoms with Crippen LogP contribution in [0.3, 0.4) is 0 Å². The van der Waals surface area contributed by atoms with E-state index in [1.165, 1.54) is 11.6 Å². The van der Waals surface area contributed by atoms with E-state index in [0.29, 0.717) is 6.42 Å². The SMILES string of the molecule is CCOC(=O)CCC(=O)c1nc(CCc2ccccc2)ccc1O. The molecule has 1 N–H and O–H groups in total. The van der Waals surface area contributed by atoms with Crippen molar-refractivity contribution < 1.29 is 19.4 Å². The Kier molecular flexibility index (Phi) is 6.49. The van der Waals surface area contributed by atoms with Crippen molar-refractivity contribution in [1.82, 2.24) is 4.98 Å². The van der Waals surface area contributed by atoms with E-state index < -0.39 is 5.97 Å². The van der Waals surface area contributed by atoms with Gasteiger partial charge in [-0.25, -0.2) is 4.98 Å². The van der Waals surface area contributed by atoms with E-state index in [1.54, 1.807) is 13.0 Å². The van der Waals surface area contributed by atoms with Gasteiger partial charge in [-0.3, -0.25) is 9.59 Å². The van der Waals surface area contributed by atoms with Gasteiger partial charge in [-0.05, 0) is 37.5 Å². The number of nitrogens with zero attached hydrogens (tertiary/aromatic N) is 1. The van der Waals surface area contributed by atoms with Gasteiger partial charge in [0.2, 0.25) is 0 Å². The molecule has 0 saturated heterocycles. The van der Waals surface area contributed by atoms with Crippen LogP contribution >= 0.6 is 0 Å². The van der Waals surface area contributed by atoms with Crippen molar-refractivity contribution in [2.24, 2.45) is 0 Å². The van der Waals surface area contributed by atoms with Crippen LogP contribution in [0.5, 0.6) is 5.75 Å². The molecule has 0 bridgehead atoms. The van der Waals surface area contributed by atoms with E-state index in [1.807, 2.05) is 30.3 Å². The maximum absolute atomic E-state index is 12.2. The number of aryl methyl sites for hydroxylation is 2. The van der Waals surface area contributed by atoms with Gasteiger partial charge >= 0.3 is 5.97 Å². The number of hydrogen-bond acceptors (Lipinski definition) is 5. The van der Waals surface area contributed by atoms with Gasteiger partial charge in [-0.15, -0.1) is 0 Å². The summed E-state index contributed by atoms with van der Waals surface area (Å²) >= 11 is 0. The number of pyridine rings is 1. The molecule has 0 spiro atoms. The van der Waals surface area contributed by atoms with E-state index in [9.17, 15) is 14.7 Å². The van der Waals surface area contributed by atoms with E-state index in [2.05, 4.69) is 4.98 Å². The highest BCUT2D eigenvalue weighted by molar-refractivity contribution is 5.98. The highest BCUT2D eigenvalue weighted by Gasteiger charge is 2.16. The van der Waals surface area contributed by atoms with Crippen LogP contribution in [0, 0.1) is 0 Å². The van der Waals surface area contributed by atoms with Crippen LogP contribution in [-0.4, -0.2) is 28.4 Å². The summed E-state index contributed by atoms with van der Waals surface area (Å²) in [7, 11) is 0. The largest absolute Gasteiger partial charge is 0.506 e. The van der Waals surface area contributed by atoms with Gasteiger partial charge in [0.25, 0.3) is 0 Å². The molecule has 5 heteroatoms. The topological polar surface area (TPSA) is 76.5 Å². The highest BCUT2D eigenvalue weighted by atomic mass is 16.5. The molecular formula is C19H21NO4. The smallest absolute Gasteiger partial charge is 0.306 e. The molecule has 24 heavy (non-hydrogen) atoms. The number of Topliss-reactive ketones (excluding diaryl/α,β-unsaturated/α-hetero) is 1. The second kappa shape index (κ2) is 8.82. The Morgan fingerprint density at radius 1 is 1.04 bits per heavy atom. The number of carbonyl (C=O) groups is 2. The summed E-state index contributed by atoms with van der Waals surface area (Å²) in [5.41, 5.74) is 1.93. The molecule has 126 valence electrons. The molecule has 2 rings (SSSR count).